The summed E-state index contributed by atoms with van der Waals surface area (Å²) in [5.41, 5.74) is 1.36. The van der Waals surface area contributed by atoms with Crippen LogP contribution < -0.4 is 10.8 Å². The normalized spacial score (nSPS) is 20.1. The van der Waals surface area contributed by atoms with E-state index >= 15 is 0 Å². The van der Waals surface area contributed by atoms with Gasteiger partial charge >= 0.3 is 12.2 Å². The van der Waals surface area contributed by atoms with Crippen LogP contribution in [0.25, 0.3) is 0 Å². The van der Waals surface area contributed by atoms with Gasteiger partial charge < -0.3 is 5.32 Å². The molecule has 0 aromatic heterocycles. The molecule has 2 N–H and O–H groups in total. The fraction of sp³-hybridized carbons (Fsp3) is 0.632. The monoisotopic (exact) mass is 449 g/mol. The molecular formula is C19H26F3N3O4S. The lowest BCUT2D eigenvalue weighted by atomic mass is 9.96. The molecule has 1 heterocycles. The number of amides is 2. The number of halogens is 3. The highest BCUT2D eigenvalue weighted by molar-refractivity contribution is 7.89. The Morgan fingerprint density at radius 1 is 1.07 bits per heavy atom. The summed E-state index contributed by atoms with van der Waals surface area (Å²) in [5.74, 6) is 0. The first-order valence-electron chi connectivity index (χ1n) is 10.1. The van der Waals surface area contributed by atoms with E-state index in [1.54, 1.807) is 0 Å². The average Bonchev–Trinajstić information content (AvgIpc) is 2.73. The van der Waals surface area contributed by atoms with Gasteiger partial charge in [-0.25, -0.2) is 18.7 Å². The molecule has 11 heteroatoms. The molecule has 1 aliphatic carbocycles. The number of sulfonamides is 1. The average molecular weight is 449 g/mol. The van der Waals surface area contributed by atoms with Crippen molar-refractivity contribution in [1.82, 2.24) is 15.1 Å². The maximum absolute atomic E-state index is 12.9. The predicted molar refractivity (Wildman–Crippen MR) is 103 cm³/mol. The van der Waals surface area contributed by atoms with E-state index in [0.29, 0.717) is 18.9 Å². The Balaban J connectivity index is 1.49. The summed E-state index contributed by atoms with van der Waals surface area (Å²) < 4.78 is 65.2. The molecule has 1 saturated heterocycles. The fourth-order valence-corrected chi connectivity index (χ4v) is 5.29. The second-order valence-electron chi connectivity index (χ2n) is 7.66. The van der Waals surface area contributed by atoms with E-state index in [1.807, 2.05) is 0 Å². The minimum Gasteiger partial charge on any atom is -0.334 e. The summed E-state index contributed by atoms with van der Waals surface area (Å²) in [6, 6.07) is 3.45. The molecule has 2 amide bonds. The van der Waals surface area contributed by atoms with Gasteiger partial charge in [0.25, 0.3) is 0 Å². The van der Waals surface area contributed by atoms with Crippen molar-refractivity contribution in [3.63, 3.8) is 0 Å². The number of piperidine rings is 1. The van der Waals surface area contributed by atoms with Crippen LogP contribution in [-0.4, -0.2) is 44.0 Å². The van der Waals surface area contributed by atoms with Crippen LogP contribution in [0, 0.1) is 0 Å². The number of carbonyl (C=O) groups is 1. The summed E-state index contributed by atoms with van der Waals surface area (Å²) in [4.78, 5) is 16.9. The molecule has 1 saturated carbocycles. The minimum atomic E-state index is -4.61. The molecule has 2 fully saturated rings. The van der Waals surface area contributed by atoms with Gasteiger partial charge in [-0.3, -0.25) is 4.84 Å². The van der Waals surface area contributed by atoms with Gasteiger partial charge in [0.15, 0.2) is 0 Å². The number of nitrogens with zero attached hydrogens (tertiary/aromatic N) is 1. The Morgan fingerprint density at radius 3 is 2.37 bits per heavy atom. The van der Waals surface area contributed by atoms with Crippen LogP contribution in [0.4, 0.5) is 18.0 Å². The van der Waals surface area contributed by atoms with Gasteiger partial charge in [0.1, 0.15) is 0 Å². The minimum absolute atomic E-state index is 0.0924. The summed E-state index contributed by atoms with van der Waals surface area (Å²) in [7, 11) is -4.04. The third-order valence-electron chi connectivity index (χ3n) is 5.46. The van der Waals surface area contributed by atoms with Crippen LogP contribution in [0.3, 0.4) is 0 Å². The van der Waals surface area contributed by atoms with Crippen molar-refractivity contribution in [1.29, 1.82) is 0 Å². The maximum Gasteiger partial charge on any atom is 0.416 e. The second-order valence-corrected chi connectivity index (χ2v) is 9.60. The van der Waals surface area contributed by atoms with Crippen LogP contribution >= 0.6 is 0 Å². The van der Waals surface area contributed by atoms with Crippen molar-refractivity contribution in [2.75, 3.05) is 13.1 Å². The molecule has 0 bridgehead atoms. The Kier molecular flexibility index (Phi) is 7.25. The Bertz CT molecular complexity index is 834. The molecule has 0 radical (unpaired) electrons. The van der Waals surface area contributed by atoms with Gasteiger partial charge in [-0.2, -0.15) is 17.5 Å². The van der Waals surface area contributed by atoms with Gasteiger partial charge in [0.05, 0.1) is 16.6 Å². The molecule has 0 atom stereocenters. The van der Waals surface area contributed by atoms with E-state index < -0.39 is 27.8 Å². The largest absolute Gasteiger partial charge is 0.416 e. The lowest BCUT2D eigenvalue weighted by molar-refractivity contribution is -0.137. The second kappa shape index (κ2) is 9.52. The van der Waals surface area contributed by atoms with Crippen LogP contribution in [0.15, 0.2) is 29.2 Å². The quantitative estimate of drug-likeness (QED) is 0.675. The topological polar surface area (TPSA) is 87.7 Å². The highest BCUT2D eigenvalue weighted by Gasteiger charge is 2.34. The third kappa shape index (κ3) is 5.86. The van der Waals surface area contributed by atoms with E-state index in [2.05, 4.69) is 10.8 Å². The fourth-order valence-electron chi connectivity index (χ4n) is 3.77. The summed E-state index contributed by atoms with van der Waals surface area (Å²) in [5, 5.41) is 2.86. The number of benzene rings is 1. The van der Waals surface area contributed by atoms with E-state index in [9.17, 15) is 26.4 Å². The van der Waals surface area contributed by atoms with Gasteiger partial charge in [-0.15, -0.1) is 0 Å². The standard InChI is InChI=1S/C19H26F3N3O4S/c20-19(21,22)14-5-4-8-17(13-14)30(27,28)25-11-9-16(10-12-25)29-24-18(26)23-15-6-2-1-3-7-15/h4-5,8,13,15-16H,1-3,6-7,9-12H2,(H2,23,24,26). The van der Waals surface area contributed by atoms with Crippen molar-refractivity contribution in [2.24, 2.45) is 0 Å². The first-order valence-corrected chi connectivity index (χ1v) is 11.5. The van der Waals surface area contributed by atoms with Crippen LogP contribution in [0.2, 0.25) is 0 Å². The Labute approximate surface area is 174 Å². The van der Waals surface area contributed by atoms with Crippen molar-refractivity contribution in [2.45, 2.75) is 68.2 Å². The molecule has 0 spiro atoms. The van der Waals surface area contributed by atoms with Gasteiger partial charge in [0.2, 0.25) is 10.0 Å². The summed E-state index contributed by atoms with van der Waals surface area (Å²) >= 11 is 0. The SMILES string of the molecule is O=C(NOC1CCN(S(=O)(=O)c2cccc(C(F)(F)F)c2)CC1)NC1CCCCC1. The lowest BCUT2D eigenvalue weighted by Crippen LogP contribution is -2.46. The Hall–Kier alpha value is -1.85. The Morgan fingerprint density at radius 2 is 1.73 bits per heavy atom. The van der Waals surface area contributed by atoms with Crippen LogP contribution in [-0.2, 0) is 21.0 Å². The molecule has 1 aromatic rings. The number of hydrogen-bond donors (Lipinski definition) is 2. The predicted octanol–water partition coefficient (Wildman–Crippen LogP) is 3.42. The van der Waals surface area contributed by atoms with Crippen molar-refractivity contribution in [3.05, 3.63) is 29.8 Å². The highest BCUT2D eigenvalue weighted by Crippen LogP contribution is 2.31. The first-order chi connectivity index (χ1) is 14.2. The molecule has 2 aliphatic rings. The molecule has 0 unspecified atom stereocenters. The first kappa shape index (κ1) is 22.8. The number of hydrogen-bond acceptors (Lipinski definition) is 4. The molecule has 1 aromatic carbocycles. The lowest BCUT2D eigenvalue weighted by Gasteiger charge is -2.31. The highest BCUT2D eigenvalue weighted by atomic mass is 32.2. The van der Waals surface area contributed by atoms with Gasteiger partial charge in [-0.1, -0.05) is 25.3 Å². The van der Waals surface area contributed by atoms with Gasteiger partial charge in [0, 0.05) is 19.1 Å². The zero-order valence-electron chi connectivity index (χ0n) is 16.5. The zero-order chi connectivity index (χ0) is 21.8. The molecule has 7 nitrogen and oxygen atoms in total. The number of nitrogens with one attached hydrogen (secondary N) is 2. The molecule has 168 valence electrons. The number of urea groups is 1. The number of hydroxylamine groups is 1. The van der Waals surface area contributed by atoms with E-state index in [-0.39, 0.29) is 30.1 Å². The molecule has 30 heavy (non-hydrogen) atoms. The molecular weight excluding hydrogens is 423 g/mol. The summed E-state index contributed by atoms with van der Waals surface area (Å²) in [6.45, 7) is 0.185. The van der Waals surface area contributed by atoms with Crippen molar-refractivity contribution in [3.8, 4) is 0 Å². The van der Waals surface area contributed by atoms with E-state index in [0.717, 1.165) is 48.2 Å². The van der Waals surface area contributed by atoms with Crippen LogP contribution in [0.1, 0.15) is 50.5 Å². The smallest absolute Gasteiger partial charge is 0.334 e. The molecule has 1 aliphatic heterocycles. The number of alkyl halides is 3. The van der Waals surface area contributed by atoms with E-state index in [4.69, 9.17) is 4.84 Å². The van der Waals surface area contributed by atoms with Gasteiger partial charge in [-0.05, 0) is 43.9 Å². The van der Waals surface area contributed by atoms with Crippen molar-refractivity contribution < 1.29 is 31.2 Å². The summed E-state index contributed by atoms with van der Waals surface area (Å²) in [6.07, 6.45) is 0.904. The van der Waals surface area contributed by atoms with Crippen LogP contribution in [0.5, 0.6) is 0 Å². The number of carbonyl (C=O) groups excluding carboxylic acids is 1. The molecule has 3 rings (SSSR count). The zero-order valence-corrected chi connectivity index (χ0v) is 17.3. The van der Waals surface area contributed by atoms with Crippen molar-refractivity contribution >= 4 is 16.1 Å². The van der Waals surface area contributed by atoms with E-state index in [1.165, 1.54) is 6.42 Å². The third-order valence-corrected chi connectivity index (χ3v) is 7.35. The number of rotatable bonds is 5. The maximum atomic E-state index is 12.9.